The lowest BCUT2D eigenvalue weighted by atomic mass is 9.86. The fourth-order valence-electron chi connectivity index (χ4n) is 5.65. The van der Waals surface area contributed by atoms with Crippen LogP contribution in [0.25, 0.3) is 10.9 Å². The number of anilines is 1. The van der Waals surface area contributed by atoms with Crippen molar-refractivity contribution in [3.8, 4) is 11.5 Å². The number of hydrogen-bond donors (Lipinski definition) is 2. The second kappa shape index (κ2) is 10.9. The van der Waals surface area contributed by atoms with Gasteiger partial charge in [0.25, 0.3) is 0 Å². The number of aliphatic hydroxyl groups excluding tert-OH is 1. The van der Waals surface area contributed by atoms with Gasteiger partial charge in [-0.2, -0.15) is 13.2 Å². The Morgan fingerprint density at radius 2 is 1.88 bits per heavy atom. The lowest BCUT2D eigenvalue weighted by Gasteiger charge is -2.41. The van der Waals surface area contributed by atoms with Crippen LogP contribution in [0.15, 0.2) is 42.7 Å². The lowest BCUT2D eigenvalue weighted by Crippen LogP contribution is -2.53. The van der Waals surface area contributed by atoms with E-state index in [1.54, 1.807) is 13.4 Å². The Balaban J connectivity index is 0.000000411. The number of rotatable bonds is 3. The number of hydrogen-bond acceptors (Lipinski definition) is 8. The molecule has 0 bridgehead atoms. The molecule has 6 rings (SSSR count). The number of halogens is 4. The summed E-state index contributed by atoms with van der Waals surface area (Å²) in [6, 6.07) is 11.8. The first kappa shape index (κ1) is 28.2. The van der Waals surface area contributed by atoms with Crippen LogP contribution in [0.4, 0.5) is 19.0 Å². The molecular formula is C27H28ClF3N4O5. The van der Waals surface area contributed by atoms with Crippen molar-refractivity contribution in [2.45, 2.75) is 43.2 Å². The average Bonchev–Trinajstić information content (AvgIpc) is 3.47. The van der Waals surface area contributed by atoms with Crippen LogP contribution in [0, 0.1) is 0 Å². The number of fused-ring (bicyclic) bond motifs is 2. The van der Waals surface area contributed by atoms with E-state index in [1.165, 1.54) is 5.56 Å². The van der Waals surface area contributed by atoms with Gasteiger partial charge in [-0.15, -0.1) is 0 Å². The normalized spacial score (nSPS) is 22.0. The van der Waals surface area contributed by atoms with Crippen LogP contribution in [0.5, 0.6) is 11.5 Å². The van der Waals surface area contributed by atoms with Gasteiger partial charge in [-0.3, -0.25) is 4.90 Å². The number of carboxylic acids is 1. The van der Waals surface area contributed by atoms with Gasteiger partial charge >= 0.3 is 12.1 Å². The monoisotopic (exact) mass is 580 g/mol. The summed E-state index contributed by atoms with van der Waals surface area (Å²) in [6.45, 7) is 3.08. The van der Waals surface area contributed by atoms with Gasteiger partial charge in [-0.25, -0.2) is 14.8 Å². The van der Waals surface area contributed by atoms with E-state index < -0.39 is 18.2 Å². The molecule has 2 atom stereocenters. The number of methoxy groups -OCH3 is 1. The Labute approximate surface area is 233 Å². The van der Waals surface area contributed by atoms with Gasteiger partial charge in [0.15, 0.2) is 0 Å². The van der Waals surface area contributed by atoms with Crippen LogP contribution < -0.4 is 14.4 Å². The van der Waals surface area contributed by atoms with Crippen LogP contribution >= 0.6 is 11.6 Å². The highest BCUT2D eigenvalue weighted by Gasteiger charge is 2.45. The summed E-state index contributed by atoms with van der Waals surface area (Å²) in [7, 11) is 1.66. The number of aliphatic carboxylic acids is 1. The van der Waals surface area contributed by atoms with E-state index >= 15 is 0 Å². The molecule has 0 amide bonds. The fourth-order valence-corrected chi connectivity index (χ4v) is 5.84. The maximum absolute atomic E-state index is 11.0. The first-order valence-corrected chi connectivity index (χ1v) is 13.1. The highest BCUT2D eigenvalue weighted by molar-refractivity contribution is 6.30. The fraction of sp³-hybridized carbons (Fsp3) is 0.444. The van der Waals surface area contributed by atoms with Crippen molar-refractivity contribution in [3.05, 3.63) is 53.3 Å². The number of aliphatic hydroxyl groups is 1. The van der Waals surface area contributed by atoms with Gasteiger partial charge in [-0.05, 0) is 42.0 Å². The summed E-state index contributed by atoms with van der Waals surface area (Å²) >= 11 is 6.18. The molecule has 2 N–H and O–H groups in total. The zero-order chi connectivity index (χ0) is 28.7. The maximum Gasteiger partial charge on any atom is 0.490 e. The van der Waals surface area contributed by atoms with Crippen LogP contribution in [0.1, 0.15) is 18.4 Å². The van der Waals surface area contributed by atoms with E-state index in [-0.39, 0.29) is 11.6 Å². The molecule has 0 saturated carbocycles. The molecule has 4 heterocycles. The van der Waals surface area contributed by atoms with Crippen LogP contribution in [0.2, 0.25) is 5.02 Å². The number of alkyl halides is 3. The summed E-state index contributed by atoms with van der Waals surface area (Å²) in [5, 5.41) is 19.8. The standard InChI is InChI=1S/C25H27ClN4O3.C2HF3O2/c1-32-18-3-4-20-19(11-18)24(28-15-27-20)30-13-21(22(31)14-30)29-8-6-25(7-9-29)12-16-10-17(26)2-5-23(16)33-25;3-2(4,5)1(6)7/h2-5,10-11,15,21-22,31H,6-9,12-14H2,1H3;(H,6,7)/t21?,22-;/m1./s1. The van der Waals surface area contributed by atoms with E-state index in [9.17, 15) is 18.3 Å². The summed E-state index contributed by atoms with van der Waals surface area (Å²) in [4.78, 5) is 22.4. The van der Waals surface area contributed by atoms with Gasteiger partial charge in [0.2, 0.25) is 0 Å². The minimum atomic E-state index is -5.08. The highest BCUT2D eigenvalue weighted by Crippen LogP contribution is 2.42. The molecule has 0 radical (unpaired) electrons. The molecule has 1 aromatic heterocycles. The zero-order valence-corrected chi connectivity index (χ0v) is 22.3. The van der Waals surface area contributed by atoms with E-state index in [0.717, 1.165) is 72.1 Å². The largest absolute Gasteiger partial charge is 0.497 e. The highest BCUT2D eigenvalue weighted by atomic mass is 35.5. The van der Waals surface area contributed by atoms with E-state index in [1.807, 2.05) is 36.4 Å². The number of aromatic nitrogens is 2. The summed E-state index contributed by atoms with van der Waals surface area (Å²) in [5.41, 5.74) is 1.93. The molecule has 214 valence electrons. The van der Waals surface area contributed by atoms with Crippen LogP contribution in [-0.2, 0) is 11.2 Å². The molecule has 2 saturated heterocycles. The molecule has 1 spiro atoms. The molecule has 40 heavy (non-hydrogen) atoms. The molecule has 9 nitrogen and oxygen atoms in total. The van der Waals surface area contributed by atoms with E-state index in [2.05, 4.69) is 19.8 Å². The summed E-state index contributed by atoms with van der Waals surface area (Å²) in [6.07, 6.45) is -1.14. The number of benzene rings is 2. The van der Waals surface area contributed by atoms with Crippen LogP contribution in [-0.4, -0.2) is 88.3 Å². The Kier molecular flexibility index (Phi) is 7.68. The topological polar surface area (TPSA) is 108 Å². The third kappa shape index (κ3) is 5.74. The number of carboxylic acid groups (broad SMARTS) is 1. The molecular weight excluding hydrogens is 553 g/mol. The van der Waals surface area contributed by atoms with Gasteiger partial charge in [0.05, 0.1) is 24.8 Å². The zero-order valence-electron chi connectivity index (χ0n) is 21.6. The van der Waals surface area contributed by atoms with E-state index in [0.29, 0.717) is 6.54 Å². The van der Waals surface area contributed by atoms with Crippen LogP contribution in [0.3, 0.4) is 0 Å². The minimum absolute atomic E-state index is 0.0659. The summed E-state index contributed by atoms with van der Waals surface area (Å²) in [5.74, 6) is -0.172. The van der Waals surface area contributed by atoms with E-state index in [4.69, 9.17) is 31.0 Å². The Bertz CT molecular complexity index is 1400. The molecule has 2 aromatic carbocycles. The molecule has 0 aliphatic carbocycles. The van der Waals surface area contributed by atoms with Gasteiger partial charge < -0.3 is 24.6 Å². The molecule has 1 unspecified atom stereocenters. The third-order valence-corrected chi connectivity index (χ3v) is 7.90. The molecule has 13 heteroatoms. The van der Waals surface area contributed by atoms with Gasteiger partial charge in [0, 0.05) is 55.9 Å². The minimum Gasteiger partial charge on any atom is -0.497 e. The van der Waals surface area contributed by atoms with Crippen molar-refractivity contribution in [3.63, 3.8) is 0 Å². The Hall–Kier alpha value is -3.35. The lowest BCUT2D eigenvalue weighted by molar-refractivity contribution is -0.192. The number of ether oxygens (including phenoxy) is 2. The molecule has 3 aliphatic heterocycles. The predicted molar refractivity (Wildman–Crippen MR) is 141 cm³/mol. The number of carbonyl (C=O) groups is 1. The first-order valence-electron chi connectivity index (χ1n) is 12.7. The van der Waals surface area contributed by atoms with Crippen molar-refractivity contribution < 1.29 is 37.7 Å². The van der Waals surface area contributed by atoms with Crippen molar-refractivity contribution in [1.82, 2.24) is 14.9 Å². The molecule has 3 aliphatic rings. The van der Waals surface area contributed by atoms with Gasteiger partial charge in [-0.1, -0.05) is 11.6 Å². The van der Waals surface area contributed by atoms with Crippen molar-refractivity contribution in [1.29, 1.82) is 0 Å². The number of nitrogens with zero attached hydrogens (tertiary/aromatic N) is 4. The third-order valence-electron chi connectivity index (χ3n) is 7.66. The smallest absolute Gasteiger partial charge is 0.490 e. The Morgan fingerprint density at radius 3 is 2.55 bits per heavy atom. The number of β-amino-alcohol motifs (C(OH)–C–C–N with tert-alkyl or cyclic N) is 1. The average molecular weight is 581 g/mol. The maximum atomic E-state index is 11.0. The first-order chi connectivity index (χ1) is 19.0. The quantitative estimate of drug-likeness (QED) is 0.476. The number of piperidine rings is 1. The predicted octanol–water partition coefficient (Wildman–Crippen LogP) is 3.94. The second-order valence-corrected chi connectivity index (χ2v) is 10.6. The molecule has 3 aromatic rings. The summed E-state index contributed by atoms with van der Waals surface area (Å²) < 4.78 is 43.5. The van der Waals surface area contributed by atoms with Crippen molar-refractivity contribution in [2.75, 3.05) is 38.2 Å². The SMILES string of the molecule is COc1ccc2ncnc(N3CC(N4CCC5(CC4)Cc4cc(Cl)ccc4O5)[C@H](O)C3)c2c1.O=C(O)C(F)(F)F. The second-order valence-electron chi connectivity index (χ2n) is 10.2. The number of likely N-dealkylation sites (tertiary alicyclic amines) is 1. The van der Waals surface area contributed by atoms with Gasteiger partial charge in [0.1, 0.15) is 29.2 Å². The van der Waals surface area contributed by atoms with Crippen molar-refractivity contribution in [2.24, 2.45) is 0 Å². The Morgan fingerprint density at radius 1 is 1.15 bits per heavy atom. The molecule has 2 fully saturated rings. The van der Waals surface area contributed by atoms with Crippen molar-refractivity contribution >= 4 is 34.3 Å².